The normalized spacial score (nSPS) is 13.8. The van der Waals surface area contributed by atoms with Crippen LogP contribution in [-0.4, -0.2) is 41.9 Å². The maximum absolute atomic E-state index is 5.53. The first kappa shape index (κ1) is 10.4. The first-order valence-corrected chi connectivity index (χ1v) is 5.65. The molecule has 0 bridgehead atoms. The van der Waals surface area contributed by atoms with Gasteiger partial charge in [0.15, 0.2) is 5.75 Å². The molecule has 3 heterocycles. The van der Waals surface area contributed by atoms with Crippen molar-refractivity contribution in [1.29, 1.82) is 0 Å². The largest absolute Gasteiger partial charge is 0.451 e. The molecule has 0 spiro atoms. The highest BCUT2D eigenvalue weighted by molar-refractivity contribution is 5.87. The lowest BCUT2D eigenvalue weighted by atomic mass is 10.3. The van der Waals surface area contributed by atoms with Gasteiger partial charge in [-0.25, -0.2) is 4.98 Å². The van der Waals surface area contributed by atoms with Crippen molar-refractivity contribution >= 4 is 11.0 Å². The fraction of sp³-hybridized carbons (Fsp3) is 0.417. The van der Waals surface area contributed by atoms with Crippen LogP contribution in [0.15, 0.2) is 18.3 Å². The van der Waals surface area contributed by atoms with E-state index in [0.717, 1.165) is 35.8 Å². The highest BCUT2D eigenvalue weighted by Crippen LogP contribution is 2.41. The van der Waals surface area contributed by atoms with E-state index in [4.69, 9.17) is 9.47 Å². The number of hydrogen-bond donors (Lipinski definition) is 0. The molecule has 0 unspecified atom stereocenters. The maximum Gasteiger partial charge on any atom is 0.242 e. The molecular weight excluding hydrogens is 218 g/mol. The second-order valence-electron chi connectivity index (χ2n) is 4.37. The van der Waals surface area contributed by atoms with Gasteiger partial charge in [0.1, 0.15) is 5.65 Å². The van der Waals surface area contributed by atoms with Crippen LogP contribution in [0.3, 0.4) is 0 Å². The molecule has 0 atom stereocenters. The van der Waals surface area contributed by atoms with Crippen molar-refractivity contribution in [2.24, 2.45) is 0 Å². The first-order valence-electron chi connectivity index (χ1n) is 5.65. The van der Waals surface area contributed by atoms with E-state index in [1.165, 1.54) is 0 Å². The third-order valence-corrected chi connectivity index (χ3v) is 2.90. The molecule has 5 nitrogen and oxygen atoms in total. The third kappa shape index (κ3) is 1.63. The van der Waals surface area contributed by atoms with Gasteiger partial charge in [-0.1, -0.05) is 0 Å². The van der Waals surface area contributed by atoms with Crippen LogP contribution in [0.1, 0.15) is 0 Å². The van der Waals surface area contributed by atoms with E-state index in [9.17, 15) is 0 Å². The van der Waals surface area contributed by atoms with Gasteiger partial charge in [-0.2, -0.15) is 0 Å². The van der Waals surface area contributed by atoms with Gasteiger partial charge in [0.2, 0.25) is 12.7 Å². The molecule has 0 radical (unpaired) electrons. The highest BCUT2D eigenvalue weighted by Gasteiger charge is 2.25. The Labute approximate surface area is 99.6 Å². The quantitative estimate of drug-likeness (QED) is 0.801. The van der Waals surface area contributed by atoms with Gasteiger partial charge in [-0.05, 0) is 26.2 Å². The summed E-state index contributed by atoms with van der Waals surface area (Å²) in [5.74, 6) is 1.63. The maximum atomic E-state index is 5.53. The minimum absolute atomic E-state index is 0.303. The van der Waals surface area contributed by atoms with E-state index in [1.807, 2.05) is 12.1 Å². The van der Waals surface area contributed by atoms with E-state index >= 15 is 0 Å². The second kappa shape index (κ2) is 3.92. The average molecular weight is 233 g/mol. The number of pyridine rings is 1. The first-order chi connectivity index (χ1) is 8.27. The van der Waals surface area contributed by atoms with Crippen molar-refractivity contribution in [3.8, 4) is 11.6 Å². The Bertz CT molecular complexity index is 548. The Morgan fingerprint density at radius 2 is 2.29 bits per heavy atom. The van der Waals surface area contributed by atoms with Gasteiger partial charge in [0.05, 0.1) is 5.39 Å². The molecule has 0 aliphatic carbocycles. The number of hydrogen-bond acceptors (Lipinski definition) is 4. The summed E-state index contributed by atoms with van der Waals surface area (Å²) in [6.07, 6.45) is 1.80. The van der Waals surface area contributed by atoms with Crippen molar-refractivity contribution in [2.75, 3.05) is 27.4 Å². The van der Waals surface area contributed by atoms with Crippen LogP contribution in [0.25, 0.3) is 11.0 Å². The van der Waals surface area contributed by atoms with Crippen molar-refractivity contribution in [1.82, 2.24) is 14.5 Å². The summed E-state index contributed by atoms with van der Waals surface area (Å²) in [7, 11) is 4.10. The smallest absolute Gasteiger partial charge is 0.242 e. The molecule has 0 amide bonds. The minimum atomic E-state index is 0.303. The van der Waals surface area contributed by atoms with Crippen LogP contribution in [0.4, 0.5) is 0 Å². The van der Waals surface area contributed by atoms with E-state index in [-0.39, 0.29) is 0 Å². The lowest BCUT2D eigenvalue weighted by Gasteiger charge is -2.12. The van der Waals surface area contributed by atoms with Crippen LogP contribution in [0, 0.1) is 0 Å². The number of likely N-dealkylation sites (N-methyl/N-ethyl adjacent to an activating group) is 1. The molecule has 0 saturated carbocycles. The molecule has 0 saturated heterocycles. The fourth-order valence-electron chi connectivity index (χ4n) is 2.06. The Hall–Kier alpha value is -1.75. The number of rotatable bonds is 3. The zero-order valence-electron chi connectivity index (χ0n) is 10.0. The SMILES string of the molecule is CN(C)CCn1c2c(c3cccnc31)OCO2. The molecule has 1 aliphatic rings. The number of aromatic nitrogens is 2. The monoisotopic (exact) mass is 233 g/mol. The molecule has 1 aliphatic heterocycles. The predicted molar refractivity (Wildman–Crippen MR) is 64.4 cm³/mol. The Kier molecular flexibility index (Phi) is 2.40. The van der Waals surface area contributed by atoms with E-state index < -0.39 is 0 Å². The van der Waals surface area contributed by atoms with Crippen LogP contribution >= 0.6 is 0 Å². The molecule has 17 heavy (non-hydrogen) atoms. The molecule has 90 valence electrons. The Morgan fingerprint density at radius 1 is 1.41 bits per heavy atom. The summed E-state index contributed by atoms with van der Waals surface area (Å²) in [4.78, 5) is 6.54. The summed E-state index contributed by atoms with van der Waals surface area (Å²) < 4.78 is 13.1. The van der Waals surface area contributed by atoms with Gasteiger partial charge >= 0.3 is 0 Å². The lowest BCUT2D eigenvalue weighted by molar-refractivity contribution is 0.166. The summed E-state index contributed by atoms with van der Waals surface area (Å²) in [5.41, 5.74) is 0.930. The molecule has 2 aromatic rings. The van der Waals surface area contributed by atoms with Crippen LogP contribution in [-0.2, 0) is 6.54 Å². The summed E-state index contributed by atoms with van der Waals surface area (Å²) in [5, 5.41) is 1.03. The molecule has 0 fully saturated rings. The molecule has 0 N–H and O–H groups in total. The number of ether oxygens (including phenoxy) is 2. The van der Waals surface area contributed by atoms with Gasteiger partial charge in [-0.3, -0.25) is 4.57 Å². The van der Waals surface area contributed by atoms with Crippen LogP contribution < -0.4 is 9.47 Å². The van der Waals surface area contributed by atoms with Crippen LogP contribution in [0.2, 0.25) is 0 Å². The van der Waals surface area contributed by atoms with Gasteiger partial charge in [-0.15, -0.1) is 0 Å². The molecule has 2 aromatic heterocycles. The summed E-state index contributed by atoms with van der Waals surface area (Å²) in [6.45, 7) is 2.09. The van der Waals surface area contributed by atoms with E-state index in [2.05, 4.69) is 28.5 Å². The standard InChI is InChI=1S/C12H15N3O2/c1-14(2)6-7-15-11-9(4-3-5-13-11)10-12(15)17-8-16-10/h3-5H,6-8H2,1-2H3. The summed E-state index contributed by atoms with van der Waals surface area (Å²) in [6, 6.07) is 3.93. The number of fused-ring (bicyclic) bond motifs is 3. The molecule has 0 aromatic carbocycles. The van der Waals surface area contributed by atoms with Crippen molar-refractivity contribution in [2.45, 2.75) is 6.54 Å². The molecule has 3 rings (SSSR count). The minimum Gasteiger partial charge on any atom is -0.451 e. The Morgan fingerprint density at radius 3 is 3.12 bits per heavy atom. The third-order valence-electron chi connectivity index (χ3n) is 2.90. The van der Waals surface area contributed by atoms with Crippen LogP contribution in [0.5, 0.6) is 11.6 Å². The zero-order chi connectivity index (χ0) is 11.8. The summed E-state index contributed by atoms with van der Waals surface area (Å²) >= 11 is 0. The van der Waals surface area contributed by atoms with E-state index in [0.29, 0.717) is 6.79 Å². The number of nitrogens with zero attached hydrogens (tertiary/aromatic N) is 3. The lowest BCUT2D eigenvalue weighted by Crippen LogP contribution is -2.18. The zero-order valence-corrected chi connectivity index (χ0v) is 10.0. The van der Waals surface area contributed by atoms with Gasteiger partial charge < -0.3 is 14.4 Å². The average Bonchev–Trinajstić information content (AvgIpc) is 2.87. The Balaban J connectivity index is 2.09. The highest BCUT2D eigenvalue weighted by atomic mass is 16.7. The van der Waals surface area contributed by atoms with Gasteiger partial charge in [0, 0.05) is 19.3 Å². The second-order valence-corrected chi connectivity index (χ2v) is 4.37. The predicted octanol–water partition coefficient (Wildman–Crippen LogP) is 1.33. The molecular formula is C12H15N3O2. The van der Waals surface area contributed by atoms with Crippen molar-refractivity contribution < 1.29 is 9.47 Å². The fourth-order valence-corrected chi connectivity index (χ4v) is 2.06. The van der Waals surface area contributed by atoms with Gasteiger partial charge in [0.25, 0.3) is 0 Å². The van der Waals surface area contributed by atoms with Crippen molar-refractivity contribution in [3.63, 3.8) is 0 Å². The topological polar surface area (TPSA) is 39.5 Å². The van der Waals surface area contributed by atoms with E-state index in [1.54, 1.807) is 6.20 Å². The van der Waals surface area contributed by atoms with Crippen molar-refractivity contribution in [3.05, 3.63) is 18.3 Å². The molecule has 5 heteroatoms.